The molecule has 0 radical (unpaired) electrons. The maximum atomic E-state index is 13.3. The number of carbonyl (C=O) groups is 2. The van der Waals surface area contributed by atoms with E-state index in [0.717, 1.165) is 57.3 Å². The normalized spacial score (nSPS) is 36.0. The van der Waals surface area contributed by atoms with Crippen LogP contribution < -0.4 is 0 Å². The average molecular weight is 375 g/mol. The predicted octanol–water partition coefficient (Wildman–Crippen LogP) is 3.82. The number of likely N-dealkylation sites (tertiary alicyclic amines) is 1. The van der Waals surface area contributed by atoms with E-state index in [4.69, 9.17) is 0 Å². The number of hydrogen-bond acceptors (Lipinski definition) is 4. The molecule has 4 fully saturated rings. The van der Waals surface area contributed by atoms with Crippen LogP contribution in [0.4, 0.5) is 0 Å². The third-order valence-corrected chi connectivity index (χ3v) is 8.55. The fourth-order valence-electron chi connectivity index (χ4n) is 7.02. The van der Waals surface area contributed by atoms with Crippen molar-refractivity contribution >= 4 is 11.6 Å². The van der Waals surface area contributed by atoms with Crippen molar-refractivity contribution in [3.63, 3.8) is 0 Å². The van der Waals surface area contributed by atoms with Crippen LogP contribution >= 0.6 is 0 Å². The lowest BCUT2D eigenvalue weighted by molar-refractivity contribution is -0.150. The van der Waals surface area contributed by atoms with Crippen molar-refractivity contribution in [3.05, 3.63) is 0 Å². The molecule has 1 aliphatic carbocycles. The second-order valence-corrected chi connectivity index (χ2v) is 10.2. The van der Waals surface area contributed by atoms with E-state index in [1.54, 1.807) is 0 Å². The first-order valence-electron chi connectivity index (χ1n) is 11.5. The molecule has 0 amide bonds. The van der Waals surface area contributed by atoms with Gasteiger partial charge in [0.05, 0.1) is 5.41 Å². The Labute approximate surface area is 165 Å². The van der Waals surface area contributed by atoms with Gasteiger partial charge in [-0.3, -0.25) is 14.5 Å². The Morgan fingerprint density at radius 2 is 1.48 bits per heavy atom. The third kappa shape index (κ3) is 3.21. The number of Topliss-reactive ketones (excluding diaryl/α,β-unsaturated/α-hetero) is 2. The molecule has 0 aromatic carbocycles. The molecule has 3 aliphatic heterocycles. The van der Waals surface area contributed by atoms with E-state index in [-0.39, 0.29) is 17.0 Å². The fourth-order valence-corrected chi connectivity index (χ4v) is 7.02. The first-order valence-corrected chi connectivity index (χ1v) is 11.5. The van der Waals surface area contributed by atoms with Gasteiger partial charge in [-0.2, -0.15) is 0 Å². The van der Waals surface area contributed by atoms with Crippen molar-refractivity contribution in [2.75, 3.05) is 20.1 Å². The number of piperidine rings is 1. The van der Waals surface area contributed by atoms with Crippen LogP contribution in [0.25, 0.3) is 0 Å². The number of hydrogen-bond donors (Lipinski definition) is 0. The summed E-state index contributed by atoms with van der Waals surface area (Å²) in [5, 5.41) is 0. The minimum atomic E-state index is -0.644. The second-order valence-electron chi connectivity index (χ2n) is 10.2. The summed E-state index contributed by atoms with van der Waals surface area (Å²) in [5.41, 5.74) is -0.698. The molecule has 4 aliphatic rings. The Balaban J connectivity index is 1.45. The Hall–Kier alpha value is -0.740. The monoisotopic (exact) mass is 374 g/mol. The van der Waals surface area contributed by atoms with Crippen molar-refractivity contribution in [3.8, 4) is 0 Å². The quantitative estimate of drug-likeness (QED) is 0.686. The lowest BCUT2D eigenvalue weighted by Gasteiger charge is -2.44. The van der Waals surface area contributed by atoms with Crippen molar-refractivity contribution in [1.29, 1.82) is 0 Å². The Bertz CT molecular complexity index is 561. The highest BCUT2D eigenvalue weighted by Crippen LogP contribution is 2.51. The van der Waals surface area contributed by atoms with Gasteiger partial charge in [-0.1, -0.05) is 26.7 Å². The number of rotatable bonds is 5. The van der Waals surface area contributed by atoms with Gasteiger partial charge in [-0.15, -0.1) is 0 Å². The van der Waals surface area contributed by atoms with Crippen LogP contribution in [0.5, 0.6) is 0 Å². The predicted molar refractivity (Wildman–Crippen MR) is 108 cm³/mol. The summed E-state index contributed by atoms with van der Waals surface area (Å²) in [6, 6.07) is 2.17. The van der Waals surface area contributed by atoms with Gasteiger partial charge >= 0.3 is 0 Å². The zero-order valence-electron chi connectivity index (χ0n) is 17.6. The minimum Gasteiger partial charge on any atom is -0.300 e. The third-order valence-electron chi connectivity index (χ3n) is 8.55. The first kappa shape index (κ1) is 19.6. The maximum Gasteiger partial charge on any atom is 0.147 e. The molecule has 0 aromatic heterocycles. The number of fused-ring (bicyclic) bond motifs is 2. The van der Waals surface area contributed by atoms with Gasteiger partial charge in [0, 0.05) is 37.5 Å². The highest BCUT2D eigenvalue weighted by molar-refractivity contribution is 6.09. The summed E-state index contributed by atoms with van der Waals surface area (Å²) in [6.45, 7) is 6.28. The van der Waals surface area contributed by atoms with Crippen LogP contribution in [0.15, 0.2) is 0 Å². The SMILES string of the molecule is CCCC1(CCC)C(=O)CC2(CCN(C3C[C@H]4CC[C@@H](C3)N4C)C2)CC1=O. The van der Waals surface area contributed by atoms with Crippen molar-refractivity contribution in [1.82, 2.24) is 9.80 Å². The van der Waals surface area contributed by atoms with E-state index in [1.165, 1.54) is 25.7 Å². The molecule has 1 spiro atoms. The van der Waals surface area contributed by atoms with Crippen LogP contribution in [-0.4, -0.2) is 59.6 Å². The highest BCUT2D eigenvalue weighted by atomic mass is 16.2. The Morgan fingerprint density at radius 1 is 0.926 bits per heavy atom. The van der Waals surface area contributed by atoms with Crippen molar-refractivity contribution < 1.29 is 9.59 Å². The van der Waals surface area contributed by atoms with Crippen molar-refractivity contribution in [2.45, 2.75) is 103 Å². The molecule has 4 rings (SSSR count). The van der Waals surface area contributed by atoms with Crippen LogP contribution in [0.1, 0.15) is 84.5 Å². The van der Waals surface area contributed by atoms with Crippen LogP contribution in [0.3, 0.4) is 0 Å². The summed E-state index contributed by atoms with van der Waals surface area (Å²) in [7, 11) is 2.30. The summed E-state index contributed by atoms with van der Waals surface area (Å²) < 4.78 is 0. The zero-order valence-corrected chi connectivity index (χ0v) is 17.6. The zero-order chi connectivity index (χ0) is 19.2. The number of carbonyl (C=O) groups excluding carboxylic acids is 2. The molecule has 27 heavy (non-hydrogen) atoms. The summed E-state index contributed by atoms with van der Waals surface area (Å²) in [6.07, 6.45) is 11.0. The molecule has 1 saturated carbocycles. The summed E-state index contributed by atoms with van der Waals surface area (Å²) in [5.74, 6) is 0.542. The molecule has 0 N–H and O–H groups in total. The molecule has 1 unspecified atom stereocenters. The average Bonchev–Trinajstić information content (AvgIpc) is 3.09. The Morgan fingerprint density at radius 3 is 2.00 bits per heavy atom. The minimum absolute atomic E-state index is 0.0540. The van der Waals surface area contributed by atoms with Crippen LogP contribution in [-0.2, 0) is 9.59 Å². The van der Waals surface area contributed by atoms with E-state index in [9.17, 15) is 9.59 Å². The molecule has 2 bridgehead atoms. The summed E-state index contributed by atoms with van der Waals surface area (Å²) in [4.78, 5) is 31.8. The lowest BCUT2D eigenvalue weighted by Crippen LogP contribution is -2.52. The second kappa shape index (κ2) is 7.26. The van der Waals surface area contributed by atoms with E-state index >= 15 is 0 Å². The molecule has 3 atom stereocenters. The van der Waals surface area contributed by atoms with Gasteiger partial charge in [-0.25, -0.2) is 0 Å². The fraction of sp³-hybridized carbons (Fsp3) is 0.913. The maximum absolute atomic E-state index is 13.3. The van der Waals surface area contributed by atoms with Crippen LogP contribution in [0.2, 0.25) is 0 Å². The number of nitrogens with zero attached hydrogens (tertiary/aromatic N) is 2. The standard InChI is InChI=1S/C23H38N2O2/c1-4-8-23(9-5-2)20(26)14-22(15-21(23)27)10-11-25(16-22)19-12-17-6-7-18(13-19)24(17)3/h17-19H,4-16H2,1-3H3/t17-,18+,19?. The molecule has 152 valence electrons. The Kier molecular flexibility index (Phi) is 5.26. The first-order chi connectivity index (χ1) is 12.9. The molecule has 4 nitrogen and oxygen atoms in total. The van der Waals surface area contributed by atoms with Gasteiger partial charge in [0.1, 0.15) is 11.6 Å². The highest BCUT2D eigenvalue weighted by Gasteiger charge is 2.56. The van der Waals surface area contributed by atoms with Gasteiger partial charge in [0.15, 0.2) is 0 Å². The smallest absolute Gasteiger partial charge is 0.147 e. The molecule has 4 heteroatoms. The van der Waals surface area contributed by atoms with Crippen LogP contribution in [0, 0.1) is 10.8 Å². The van der Waals surface area contributed by atoms with Gasteiger partial charge in [-0.05, 0) is 64.0 Å². The van der Waals surface area contributed by atoms with Gasteiger partial charge in [0.25, 0.3) is 0 Å². The van der Waals surface area contributed by atoms with E-state index < -0.39 is 5.41 Å². The molecule has 0 aromatic rings. The molecule has 3 saturated heterocycles. The molecular weight excluding hydrogens is 336 g/mol. The van der Waals surface area contributed by atoms with E-state index in [0.29, 0.717) is 18.9 Å². The largest absolute Gasteiger partial charge is 0.300 e. The molecule has 3 heterocycles. The summed E-state index contributed by atoms with van der Waals surface area (Å²) >= 11 is 0. The van der Waals surface area contributed by atoms with E-state index in [2.05, 4.69) is 30.7 Å². The number of ketones is 2. The lowest BCUT2D eigenvalue weighted by atomic mass is 9.59. The topological polar surface area (TPSA) is 40.6 Å². The van der Waals surface area contributed by atoms with E-state index in [1.807, 2.05) is 0 Å². The van der Waals surface area contributed by atoms with Gasteiger partial charge < -0.3 is 4.90 Å². The van der Waals surface area contributed by atoms with Gasteiger partial charge in [0.2, 0.25) is 0 Å². The molecular formula is C23H38N2O2. The van der Waals surface area contributed by atoms with Crippen molar-refractivity contribution in [2.24, 2.45) is 10.8 Å².